The van der Waals surface area contributed by atoms with Crippen molar-refractivity contribution >= 4 is 11.6 Å². The third-order valence-electron chi connectivity index (χ3n) is 5.32. The number of piperidine rings is 1. The second kappa shape index (κ2) is 6.86. The van der Waals surface area contributed by atoms with Crippen molar-refractivity contribution in [2.75, 3.05) is 36.5 Å². The van der Waals surface area contributed by atoms with E-state index in [9.17, 15) is 13.2 Å². The van der Waals surface area contributed by atoms with Crippen LogP contribution in [0, 0.1) is 5.92 Å². The van der Waals surface area contributed by atoms with E-state index in [1.807, 2.05) is 4.90 Å². The fourth-order valence-electron chi connectivity index (χ4n) is 4.04. The number of ether oxygens (including phenoxy) is 1. The Hall–Kier alpha value is -2.58. The van der Waals surface area contributed by atoms with Gasteiger partial charge in [0.1, 0.15) is 11.5 Å². The maximum absolute atomic E-state index is 13.0. The number of hydrogen-bond donors (Lipinski definition) is 0. The number of anilines is 2. The molecule has 2 aromatic rings. The third-order valence-corrected chi connectivity index (χ3v) is 5.32. The van der Waals surface area contributed by atoms with Gasteiger partial charge in [-0.3, -0.25) is 0 Å². The fourth-order valence-corrected chi connectivity index (χ4v) is 4.04. The molecule has 0 amide bonds. The molecule has 2 aliphatic rings. The molecule has 2 atom stereocenters. The van der Waals surface area contributed by atoms with Crippen LogP contribution in [0.15, 0.2) is 30.6 Å². The predicted molar refractivity (Wildman–Crippen MR) is 93.9 cm³/mol. The molecule has 0 radical (unpaired) electrons. The molecule has 4 heterocycles. The van der Waals surface area contributed by atoms with Crippen molar-refractivity contribution < 1.29 is 17.9 Å². The highest BCUT2D eigenvalue weighted by atomic mass is 19.4. The number of halogens is 3. The summed E-state index contributed by atoms with van der Waals surface area (Å²) in [6, 6.07) is 4.17. The molecule has 144 valence electrons. The summed E-state index contributed by atoms with van der Waals surface area (Å²) < 4.78 is 44.4. The molecule has 0 aliphatic carbocycles. The molecule has 0 bridgehead atoms. The monoisotopic (exact) mass is 379 g/mol. The van der Waals surface area contributed by atoms with Gasteiger partial charge < -0.3 is 14.5 Å². The van der Waals surface area contributed by atoms with Gasteiger partial charge in [0.2, 0.25) is 0 Å². The minimum Gasteiger partial charge on any atom is -0.478 e. The number of methoxy groups -OCH3 is 1. The molecule has 2 unspecified atom stereocenters. The molecule has 2 fully saturated rings. The van der Waals surface area contributed by atoms with Crippen LogP contribution in [0.5, 0.6) is 5.88 Å². The van der Waals surface area contributed by atoms with E-state index in [0.29, 0.717) is 36.5 Å². The fraction of sp³-hybridized carbons (Fsp3) is 0.500. The van der Waals surface area contributed by atoms with Crippen LogP contribution in [0.4, 0.5) is 24.8 Å². The van der Waals surface area contributed by atoms with Crippen molar-refractivity contribution in [2.45, 2.75) is 25.1 Å². The molecular weight excluding hydrogens is 359 g/mol. The van der Waals surface area contributed by atoms with E-state index in [2.05, 4.69) is 19.9 Å². The molecule has 4 rings (SSSR count). The average Bonchev–Trinajstić information content (AvgIpc) is 3.10. The van der Waals surface area contributed by atoms with Crippen LogP contribution in [-0.2, 0) is 6.18 Å². The Labute approximate surface area is 155 Å². The summed E-state index contributed by atoms with van der Waals surface area (Å²) in [6.07, 6.45) is 0.642. The maximum Gasteiger partial charge on any atom is 0.433 e. The van der Waals surface area contributed by atoms with Gasteiger partial charge in [-0.2, -0.15) is 13.2 Å². The zero-order valence-electron chi connectivity index (χ0n) is 14.9. The van der Waals surface area contributed by atoms with E-state index in [-0.39, 0.29) is 6.04 Å². The number of aromatic nitrogens is 3. The summed E-state index contributed by atoms with van der Waals surface area (Å²) in [5, 5.41) is 0. The molecule has 0 saturated carbocycles. The van der Waals surface area contributed by atoms with Crippen molar-refractivity contribution in [3.8, 4) is 5.88 Å². The van der Waals surface area contributed by atoms with Gasteiger partial charge in [-0.25, -0.2) is 15.0 Å². The maximum atomic E-state index is 13.0. The smallest absolute Gasteiger partial charge is 0.433 e. The van der Waals surface area contributed by atoms with E-state index < -0.39 is 11.9 Å². The van der Waals surface area contributed by atoms with Crippen LogP contribution >= 0.6 is 0 Å². The van der Waals surface area contributed by atoms with E-state index >= 15 is 0 Å². The first-order valence-electron chi connectivity index (χ1n) is 8.88. The van der Waals surface area contributed by atoms with Crippen LogP contribution in [0.3, 0.4) is 0 Å². The van der Waals surface area contributed by atoms with Crippen molar-refractivity contribution in [3.05, 3.63) is 36.3 Å². The van der Waals surface area contributed by atoms with Gasteiger partial charge in [0.05, 0.1) is 13.2 Å². The summed E-state index contributed by atoms with van der Waals surface area (Å²) in [6.45, 7) is 2.17. The van der Waals surface area contributed by atoms with Crippen LogP contribution in [0.1, 0.15) is 18.5 Å². The lowest BCUT2D eigenvalue weighted by Gasteiger charge is -2.39. The normalized spacial score (nSPS) is 22.7. The summed E-state index contributed by atoms with van der Waals surface area (Å²) in [5.74, 6) is 1.94. The molecule has 0 N–H and O–H groups in total. The molecule has 2 aromatic heterocycles. The van der Waals surface area contributed by atoms with Gasteiger partial charge in [0, 0.05) is 32.0 Å². The van der Waals surface area contributed by atoms with Crippen molar-refractivity contribution in [1.82, 2.24) is 15.0 Å². The molecule has 2 aliphatic heterocycles. The lowest BCUT2D eigenvalue weighted by molar-refractivity contribution is -0.141. The minimum absolute atomic E-state index is 0.0847. The number of rotatable bonds is 3. The highest BCUT2D eigenvalue weighted by molar-refractivity contribution is 5.51. The van der Waals surface area contributed by atoms with E-state index in [1.165, 1.54) is 6.07 Å². The molecule has 9 heteroatoms. The van der Waals surface area contributed by atoms with E-state index in [0.717, 1.165) is 25.5 Å². The predicted octanol–water partition coefficient (Wildman–Crippen LogP) is 3.00. The SMILES string of the molecule is COc1nccnc1N1CCC2CCN(c3cccc(C(F)(F)F)n3)C2C1. The topological polar surface area (TPSA) is 54.4 Å². The third kappa shape index (κ3) is 3.38. The average molecular weight is 379 g/mol. The van der Waals surface area contributed by atoms with Gasteiger partial charge in [-0.05, 0) is 30.9 Å². The Bertz CT molecular complexity index is 816. The van der Waals surface area contributed by atoms with Gasteiger partial charge in [-0.1, -0.05) is 6.07 Å². The zero-order chi connectivity index (χ0) is 19.0. The van der Waals surface area contributed by atoms with Crippen LogP contribution in [-0.4, -0.2) is 47.7 Å². The number of pyridine rings is 1. The molecular formula is C18H20F3N5O. The van der Waals surface area contributed by atoms with Crippen molar-refractivity contribution in [1.29, 1.82) is 0 Å². The van der Waals surface area contributed by atoms with Gasteiger partial charge in [0.15, 0.2) is 5.82 Å². The van der Waals surface area contributed by atoms with Crippen LogP contribution in [0.25, 0.3) is 0 Å². The Balaban J connectivity index is 1.59. The first kappa shape index (κ1) is 17.8. The number of fused-ring (bicyclic) bond motifs is 1. The summed E-state index contributed by atoms with van der Waals surface area (Å²) >= 11 is 0. The van der Waals surface area contributed by atoms with Gasteiger partial charge in [-0.15, -0.1) is 0 Å². The molecule has 0 spiro atoms. The highest BCUT2D eigenvalue weighted by Crippen LogP contribution is 2.38. The molecule has 6 nitrogen and oxygen atoms in total. The summed E-state index contributed by atoms with van der Waals surface area (Å²) in [7, 11) is 1.55. The number of alkyl halides is 3. The van der Waals surface area contributed by atoms with Crippen LogP contribution in [0.2, 0.25) is 0 Å². The molecule has 2 saturated heterocycles. The molecule has 0 aromatic carbocycles. The lowest BCUT2D eigenvalue weighted by atomic mass is 9.92. The molecule has 27 heavy (non-hydrogen) atoms. The minimum atomic E-state index is -4.44. The van der Waals surface area contributed by atoms with E-state index in [4.69, 9.17) is 4.74 Å². The Kier molecular flexibility index (Phi) is 4.53. The quantitative estimate of drug-likeness (QED) is 0.817. The van der Waals surface area contributed by atoms with Crippen molar-refractivity contribution in [2.24, 2.45) is 5.92 Å². The summed E-state index contributed by atoms with van der Waals surface area (Å²) in [5.41, 5.74) is -0.855. The zero-order valence-corrected chi connectivity index (χ0v) is 14.9. The van der Waals surface area contributed by atoms with E-state index in [1.54, 1.807) is 25.6 Å². The Morgan fingerprint density at radius 1 is 1.11 bits per heavy atom. The largest absolute Gasteiger partial charge is 0.478 e. The Morgan fingerprint density at radius 2 is 1.89 bits per heavy atom. The van der Waals surface area contributed by atoms with Crippen LogP contribution < -0.4 is 14.5 Å². The highest BCUT2D eigenvalue weighted by Gasteiger charge is 2.41. The number of nitrogens with zero attached hydrogens (tertiary/aromatic N) is 5. The van der Waals surface area contributed by atoms with Gasteiger partial charge >= 0.3 is 6.18 Å². The second-order valence-electron chi connectivity index (χ2n) is 6.81. The Morgan fingerprint density at radius 3 is 2.67 bits per heavy atom. The summed E-state index contributed by atoms with van der Waals surface area (Å²) in [4.78, 5) is 16.6. The van der Waals surface area contributed by atoms with Crippen molar-refractivity contribution in [3.63, 3.8) is 0 Å². The lowest BCUT2D eigenvalue weighted by Crippen LogP contribution is -2.49. The first-order valence-corrected chi connectivity index (χ1v) is 8.88. The standard InChI is InChI=1S/C18H20F3N5O/c1-27-17-16(22-7-8-23-17)25-9-5-12-6-10-26(13(12)11-25)15-4-2-3-14(24-15)18(19,20)21/h2-4,7-8,12-13H,5-6,9-11H2,1H3. The number of hydrogen-bond acceptors (Lipinski definition) is 6. The first-order chi connectivity index (χ1) is 13.0. The second-order valence-corrected chi connectivity index (χ2v) is 6.81. The van der Waals surface area contributed by atoms with Gasteiger partial charge in [0.25, 0.3) is 5.88 Å².